The fourth-order valence-electron chi connectivity index (χ4n) is 2.92. The van der Waals surface area contributed by atoms with Gasteiger partial charge in [0.1, 0.15) is 11.1 Å². The van der Waals surface area contributed by atoms with E-state index in [1.165, 1.54) is 23.1 Å². The van der Waals surface area contributed by atoms with Gasteiger partial charge in [-0.1, -0.05) is 11.8 Å². The second-order valence-electron chi connectivity index (χ2n) is 6.02. The molecule has 3 rings (SSSR count). The quantitative estimate of drug-likeness (QED) is 0.483. The normalized spacial score (nSPS) is 10.7. The van der Waals surface area contributed by atoms with Crippen LogP contribution in [0.5, 0.6) is 0 Å². The Morgan fingerprint density at radius 2 is 2.08 bits per heavy atom. The Hall–Kier alpha value is -2.43. The van der Waals surface area contributed by atoms with Gasteiger partial charge >= 0.3 is 0 Å². The standard InChI is InChI=1S/C19H18N4OS2/c1-11-7-12(2)22-18(16(11)9-20)26-10-17(24)15-8-13(3)23(14(15)4)19-21-5-6-25-19/h5-8H,10H2,1-4H3. The average Bonchev–Trinajstić information content (AvgIpc) is 3.20. The predicted molar refractivity (Wildman–Crippen MR) is 104 cm³/mol. The first-order valence-corrected chi connectivity index (χ1v) is 9.92. The number of hydrogen-bond acceptors (Lipinski definition) is 6. The van der Waals surface area contributed by atoms with Crippen LogP contribution in [0.2, 0.25) is 0 Å². The molecule has 0 aliphatic heterocycles. The highest BCUT2D eigenvalue weighted by Crippen LogP contribution is 2.27. The zero-order valence-electron chi connectivity index (χ0n) is 15.0. The molecule has 0 fully saturated rings. The number of pyridine rings is 1. The Kier molecular flexibility index (Phi) is 5.25. The Morgan fingerprint density at radius 1 is 1.31 bits per heavy atom. The second-order valence-corrected chi connectivity index (χ2v) is 7.86. The maximum absolute atomic E-state index is 12.8. The van der Waals surface area contributed by atoms with Gasteiger partial charge in [0, 0.05) is 34.2 Å². The number of rotatable bonds is 5. The van der Waals surface area contributed by atoms with Crippen molar-refractivity contribution >= 4 is 28.9 Å². The largest absolute Gasteiger partial charge is 0.294 e. The summed E-state index contributed by atoms with van der Waals surface area (Å²) in [6.07, 6.45) is 1.76. The molecule has 0 atom stereocenters. The molecule has 0 radical (unpaired) electrons. The van der Waals surface area contributed by atoms with E-state index in [0.29, 0.717) is 16.2 Å². The number of thioether (sulfide) groups is 1. The smallest absolute Gasteiger partial charge is 0.193 e. The molecular weight excluding hydrogens is 364 g/mol. The lowest BCUT2D eigenvalue weighted by molar-refractivity contribution is 0.102. The van der Waals surface area contributed by atoms with Crippen LogP contribution in [-0.4, -0.2) is 26.1 Å². The summed E-state index contributed by atoms with van der Waals surface area (Å²) in [7, 11) is 0. The number of hydrogen-bond donors (Lipinski definition) is 0. The van der Waals surface area contributed by atoms with Gasteiger partial charge in [-0.3, -0.25) is 9.36 Å². The van der Waals surface area contributed by atoms with Crippen molar-refractivity contribution in [3.8, 4) is 11.2 Å². The number of carbonyl (C=O) groups is 1. The molecule has 7 heteroatoms. The summed E-state index contributed by atoms with van der Waals surface area (Å²) in [6, 6.07) is 5.98. The lowest BCUT2D eigenvalue weighted by Gasteiger charge is -2.07. The van der Waals surface area contributed by atoms with Gasteiger partial charge in [0.15, 0.2) is 10.9 Å². The van der Waals surface area contributed by atoms with Gasteiger partial charge in [-0.05, 0) is 45.4 Å². The maximum Gasteiger partial charge on any atom is 0.193 e. The predicted octanol–water partition coefficient (Wildman–Crippen LogP) is 4.41. The molecule has 0 bridgehead atoms. The first-order chi connectivity index (χ1) is 12.4. The number of ketones is 1. The molecule has 3 aromatic rings. The number of aromatic nitrogens is 3. The van der Waals surface area contributed by atoms with Gasteiger partial charge in [0.25, 0.3) is 0 Å². The average molecular weight is 383 g/mol. The Bertz CT molecular complexity index is 1010. The molecule has 26 heavy (non-hydrogen) atoms. The van der Waals surface area contributed by atoms with Crippen LogP contribution in [-0.2, 0) is 0 Å². The first-order valence-electron chi connectivity index (χ1n) is 8.05. The summed E-state index contributed by atoms with van der Waals surface area (Å²) < 4.78 is 2.00. The van der Waals surface area contributed by atoms with E-state index in [0.717, 1.165) is 27.8 Å². The SMILES string of the molecule is Cc1cc(C)c(C#N)c(SCC(=O)c2cc(C)n(-c3nccs3)c2C)n1. The van der Waals surface area contributed by atoms with Crippen LogP contribution in [0, 0.1) is 39.0 Å². The first kappa shape index (κ1) is 18.4. The number of nitrogens with zero attached hydrogens (tertiary/aromatic N) is 4. The summed E-state index contributed by atoms with van der Waals surface area (Å²) in [6.45, 7) is 7.68. The van der Waals surface area contributed by atoms with Crippen LogP contribution >= 0.6 is 23.1 Å². The zero-order chi connectivity index (χ0) is 18.8. The molecule has 0 N–H and O–H groups in total. The molecule has 0 saturated heterocycles. The van der Waals surface area contributed by atoms with Crippen molar-refractivity contribution in [2.24, 2.45) is 0 Å². The third-order valence-electron chi connectivity index (χ3n) is 4.11. The maximum atomic E-state index is 12.8. The van der Waals surface area contributed by atoms with E-state index < -0.39 is 0 Å². The Morgan fingerprint density at radius 3 is 2.73 bits per heavy atom. The highest BCUT2D eigenvalue weighted by atomic mass is 32.2. The van der Waals surface area contributed by atoms with Gasteiger partial charge in [0.2, 0.25) is 0 Å². The van der Waals surface area contributed by atoms with Gasteiger partial charge in [0.05, 0.1) is 11.3 Å². The number of carbonyl (C=O) groups excluding carboxylic acids is 1. The molecule has 3 heterocycles. The molecule has 0 saturated carbocycles. The molecule has 0 amide bonds. The third kappa shape index (κ3) is 3.43. The molecule has 0 spiro atoms. The highest BCUT2D eigenvalue weighted by Gasteiger charge is 2.19. The molecule has 132 valence electrons. The van der Waals surface area contributed by atoms with E-state index in [9.17, 15) is 10.1 Å². The fraction of sp³-hybridized carbons (Fsp3) is 0.263. The van der Waals surface area contributed by atoms with Crippen LogP contribution in [0.3, 0.4) is 0 Å². The van der Waals surface area contributed by atoms with E-state index in [-0.39, 0.29) is 11.5 Å². The summed E-state index contributed by atoms with van der Waals surface area (Å²) >= 11 is 2.86. The van der Waals surface area contributed by atoms with Crippen molar-refractivity contribution in [3.63, 3.8) is 0 Å². The number of Topliss-reactive ketones (excluding diaryl/α,β-unsaturated/α-hetero) is 1. The molecule has 3 aromatic heterocycles. The van der Waals surface area contributed by atoms with Gasteiger partial charge < -0.3 is 0 Å². The van der Waals surface area contributed by atoms with E-state index in [1.54, 1.807) is 6.20 Å². The van der Waals surface area contributed by atoms with E-state index >= 15 is 0 Å². The number of nitriles is 1. The van der Waals surface area contributed by atoms with Crippen molar-refractivity contribution in [2.75, 3.05) is 5.75 Å². The van der Waals surface area contributed by atoms with Crippen molar-refractivity contribution in [1.29, 1.82) is 5.26 Å². The molecule has 5 nitrogen and oxygen atoms in total. The van der Waals surface area contributed by atoms with Crippen LogP contribution in [0.4, 0.5) is 0 Å². The molecule has 0 aromatic carbocycles. The summed E-state index contributed by atoms with van der Waals surface area (Å²) in [4.78, 5) is 21.5. The number of aryl methyl sites for hydroxylation is 3. The van der Waals surface area contributed by atoms with Gasteiger partial charge in [-0.15, -0.1) is 11.3 Å². The molecule has 0 aliphatic carbocycles. The Balaban J connectivity index is 1.85. The topological polar surface area (TPSA) is 71.6 Å². The van der Waals surface area contributed by atoms with Crippen LogP contribution in [0.25, 0.3) is 5.13 Å². The minimum Gasteiger partial charge on any atom is -0.294 e. The zero-order valence-corrected chi connectivity index (χ0v) is 16.7. The van der Waals surface area contributed by atoms with E-state index in [2.05, 4.69) is 16.0 Å². The molecule has 0 unspecified atom stereocenters. The monoisotopic (exact) mass is 382 g/mol. The molecular formula is C19H18N4OS2. The highest BCUT2D eigenvalue weighted by molar-refractivity contribution is 8.00. The summed E-state index contributed by atoms with van der Waals surface area (Å²) in [5, 5.41) is 12.8. The van der Waals surface area contributed by atoms with Crippen molar-refractivity contribution < 1.29 is 4.79 Å². The van der Waals surface area contributed by atoms with Crippen molar-refractivity contribution in [2.45, 2.75) is 32.7 Å². The van der Waals surface area contributed by atoms with Crippen LogP contribution in [0.15, 0.2) is 28.7 Å². The lowest BCUT2D eigenvalue weighted by Crippen LogP contribution is -2.06. The molecule has 0 aliphatic rings. The second kappa shape index (κ2) is 7.44. The number of thiazole rings is 1. The summed E-state index contributed by atoms with van der Waals surface area (Å²) in [5.74, 6) is 0.267. The summed E-state index contributed by atoms with van der Waals surface area (Å²) in [5.41, 5.74) is 4.83. The minimum atomic E-state index is 0.0238. The minimum absolute atomic E-state index is 0.0238. The fourth-order valence-corrected chi connectivity index (χ4v) is 4.65. The van der Waals surface area contributed by atoms with E-state index in [1.807, 2.05) is 49.8 Å². The van der Waals surface area contributed by atoms with Gasteiger partial charge in [-0.25, -0.2) is 9.97 Å². The van der Waals surface area contributed by atoms with Crippen molar-refractivity contribution in [3.05, 3.63) is 57.5 Å². The van der Waals surface area contributed by atoms with Gasteiger partial charge in [-0.2, -0.15) is 5.26 Å². The van der Waals surface area contributed by atoms with Crippen molar-refractivity contribution in [1.82, 2.24) is 14.5 Å². The van der Waals surface area contributed by atoms with E-state index in [4.69, 9.17) is 0 Å². The third-order valence-corrected chi connectivity index (χ3v) is 5.84. The Labute approximate surface area is 160 Å². The lowest BCUT2D eigenvalue weighted by atomic mass is 10.1. The van der Waals surface area contributed by atoms with Crippen LogP contribution < -0.4 is 0 Å². The van der Waals surface area contributed by atoms with Crippen LogP contribution in [0.1, 0.15) is 38.6 Å².